The number of nitrogens with one attached hydrogen (secondary N) is 1. The van der Waals surface area contributed by atoms with Gasteiger partial charge in [-0.15, -0.1) is 0 Å². The number of rotatable bonds is 5. The van der Waals surface area contributed by atoms with Crippen molar-refractivity contribution < 1.29 is 13.2 Å². The van der Waals surface area contributed by atoms with E-state index in [0.29, 0.717) is 19.0 Å². The van der Waals surface area contributed by atoms with Gasteiger partial charge in [-0.05, 0) is 19.8 Å². The number of morpholine rings is 1. The van der Waals surface area contributed by atoms with E-state index in [2.05, 4.69) is 19.6 Å². The molecule has 0 amide bonds. The van der Waals surface area contributed by atoms with Crippen LogP contribution in [0.4, 0.5) is 5.82 Å². The molecule has 21 heavy (non-hydrogen) atoms. The largest absolute Gasteiger partial charge is 0.378 e. The topological polar surface area (TPSA) is 84.4 Å². The van der Waals surface area contributed by atoms with Crippen molar-refractivity contribution in [2.75, 3.05) is 31.2 Å². The SMILES string of the molecule is Cc1cc(N2CCOCC2)nc(CNS(=O)(=O)C2CC2)n1. The number of hydrogen-bond acceptors (Lipinski definition) is 6. The maximum Gasteiger partial charge on any atom is 0.214 e. The molecular weight excluding hydrogens is 292 g/mol. The lowest BCUT2D eigenvalue weighted by molar-refractivity contribution is 0.122. The molecule has 0 aromatic carbocycles. The Kier molecular flexibility index (Phi) is 4.10. The summed E-state index contributed by atoms with van der Waals surface area (Å²) in [6.07, 6.45) is 1.51. The molecule has 2 fully saturated rings. The highest BCUT2D eigenvalue weighted by Gasteiger charge is 2.35. The Hall–Kier alpha value is -1.25. The Morgan fingerprint density at radius 3 is 2.71 bits per heavy atom. The van der Waals surface area contributed by atoms with Crippen molar-refractivity contribution in [2.45, 2.75) is 31.6 Å². The third kappa shape index (κ3) is 3.69. The third-order valence-electron chi connectivity index (χ3n) is 3.62. The normalized spacial score (nSPS) is 19.8. The quantitative estimate of drug-likeness (QED) is 0.836. The molecule has 1 saturated heterocycles. The minimum Gasteiger partial charge on any atom is -0.378 e. The zero-order valence-electron chi connectivity index (χ0n) is 12.1. The van der Waals surface area contributed by atoms with Crippen LogP contribution in [0.25, 0.3) is 0 Å². The number of aryl methyl sites for hydroxylation is 1. The second-order valence-electron chi connectivity index (χ2n) is 5.45. The molecule has 0 atom stereocenters. The number of anilines is 1. The standard InChI is InChI=1S/C13H20N4O3S/c1-10-8-13(17-4-6-20-7-5-17)16-12(15-10)9-14-21(18,19)11-2-3-11/h8,11,14H,2-7,9H2,1H3. The molecular formula is C13H20N4O3S. The van der Waals surface area contributed by atoms with Crippen molar-refractivity contribution >= 4 is 15.8 Å². The third-order valence-corrected chi connectivity index (χ3v) is 5.51. The molecule has 0 radical (unpaired) electrons. The first-order chi connectivity index (χ1) is 10.0. The molecule has 1 aromatic rings. The van der Waals surface area contributed by atoms with Gasteiger partial charge in [0.25, 0.3) is 0 Å². The molecule has 0 bridgehead atoms. The van der Waals surface area contributed by atoms with Crippen molar-refractivity contribution in [3.8, 4) is 0 Å². The van der Waals surface area contributed by atoms with Gasteiger partial charge in [0, 0.05) is 24.8 Å². The Bertz CT molecular complexity index is 610. The first-order valence-corrected chi connectivity index (χ1v) is 8.75. The molecule has 0 spiro atoms. The van der Waals surface area contributed by atoms with E-state index in [-0.39, 0.29) is 11.8 Å². The Labute approximate surface area is 124 Å². The smallest absolute Gasteiger partial charge is 0.214 e. The number of hydrogen-bond donors (Lipinski definition) is 1. The summed E-state index contributed by atoms with van der Waals surface area (Å²) in [4.78, 5) is 10.9. The number of aromatic nitrogens is 2. The molecule has 116 valence electrons. The van der Waals surface area contributed by atoms with E-state index in [4.69, 9.17) is 4.74 Å². The number of sulfonamides is 1. The average Bonchev–Trinajstić information content (AvgIpc) is 3.31. The molecule has 0 unspecified atom stereocenters. The molecule has 1 saturated carbocycles. The van der Waals surface area contributed by atoms with Crippen LogP contribution in [0.3, 0.4) is 0 Å². The van der Waals surface area contributed by atoms with Gasteiger partial charge in [-0.25, -0.2) is 23.1 Å². The highest BCUT2D eigenvalue weighted by molar-refractivity contribution is 7.90. The van der Waals surface area contributed by atoms with E-state index in [1.807, 2.05) is 13.0 Å². The minimum absolute atomic E-state index is 0.151. The van der Waals surface area contributed by atoms with E-state index in [0.717, 1.165) is 37.4 Å². The van der Waals surface area contributed by atoms with Crippen molar-refractivity contribution in [1.29, 1.82) is 0 Å². The van der Waals surface area contributed by atoms with E-state index >= 15 is 0 Å². The van der Waals surface area contributed by atoms with Gasteiger partial charge in [0.1, 0.15) is 11.6 Å². The second kappa shape index (κ2) is 5.86. The second-order valence-corrected chi connectivity index (χ2v) is 7.49. The Morgan fingerprint density at radius 1 is 1.33 bits per heavy atom. The number of ether oxygens (including phenoxy) is 1. The summed E-state index contributed by atoms with van der Waals surface area (Å²) >= 11 is 0. The van der Waals surface area contributed by atoms with Crippen LogP contribution < -0.4 is 9.62 Å². The monoisotopic (exact) mass is 312 g/mol. The summed E-state index contributed by atoms with van der Waals surface area (Å²) in [7, 11) is -3.20. The lowest BCUT2D eigenvalue weighted by atomic mass is 10.3. The van der Waals surface area contributed by atoms with Crippen molar-refractivity contribution in [1.82, 2.24) is 14.7 Å². The Morgan fingerprint density at radius 2 is 2.05 bits per heavy atom. The van der Waals surface area contributed by atoms with E-state index < -0.39 is 10.0 Å². The summed E-state index contributed by atoms with van der Waals surface area (Å²) in [5, 5.41) is -0.221. The predicted molar refractivity (Wildman–Crippen MR) is 78.6 cm³/mol. The van der Waals surface area contributed by atoms with Gasteiger partial charge in [-0.1, -0.05) is 0 Å². The molecule has 3 rings (SSSR count). The lowest BCUT2D eigenvalue weighted by Gasteiger charge is -2.28. The van der Waals surface area contributed by atoms with Crippen LogP contribution in [0.2, 0.25) is 0 Å². The van der Waals surface area contributed by atoms with Crippen LogP contribution in [0.5, 0.6) is 0 Å². The van der Waals surface area contributed by atoms with Gasteiger partial charge in [0.15, 0.2) is 0 Å². The fraction of sp³-hybridized carbons (Fsp3) is 0.692. The molecule has 7 nitrogen and oxygen atoms in total. The van der Waals surface area contributed by atoms with E-state index in [1.165, 1.54) is 0 Å². The summed E-state index contributed by atoms with van der Waals surface area (Å²) < 4.78 is 31.6. The van der Waals surface area contributed by atoms with E-state index in [9.17, 15) is 8.42 Å². The molecule has 1 aromatic heterocycles. The van der Waals surface area contributed by atoms with Crippen LogP contribution in [0.1, 0.15) is 24.4 Å². The lowest BCUT2D eigenvalue weighted by Crippen LogP contribution is -2.37. The van der Waals surface area contributed by atoms with Crippen LogP contribution in [-0.2, 0) is 21.3 Å². The highest BCUT2D eigenvalue weighted by atomic mass is 32.2. The van der Waals surface area contributed by atoms with Gasteiger partial charge >= 0.3 is 0 Å². The minimum atomic E-state index is -3.20. The summed E-state index contributed by atoms with van der Waals surface area (Å²) in [6.45, 7) is 5.01. The first-order valence-electron chi connectivity index (χ1n) is 7.20. The maximum absolute atomic E-state index is 11.8. The fourth-order valence-electron chi connectivity index (χ4n) is 2.31. The van der Waals surface area contributed by atoms with Crippen molar-refractivity contribution in [3.05, 3.63) is 17.6 Å². The van der Waals surface area contributed by atoms with Gasteiger partial charge in [-0.3, -0.25) is 0 Å². The van der Waals surface area contributed by atoms with Crippen LogP contribution in [0.15, 0.2) is 6.07 Å². The van der Waals surface area contributed by atoms with Crippen LogP contribution >= 0.6 is 0 Å². The molecule has 1 aliphatic heterocycles. The predicted octanol–water partition coefficient (Wildman–Crippen LogP) is 0.203. The molecule has 1 aliphatic carbocycles. The van der Waals surface area contributed by atoms with Crippen LogP contribution in [-0.4, -0.2) is 49.9 Å². The summed E-state index contributed by atoms with van der Waals surface area (Å²) in [5.74, 6) is 1.35. The average molecular weight is 312 g/mol. The zero-order chi connectivity index (χ0) is 14.9. The van der Waals surface area contributed by atoms with Gasteiger partial charge in [-0.2, -0.15) is 0 Å². The molecule has 2 aliphatic rings. The molecule has 8 heteroatoms. The van der Waals surface area contributed by atoms with E-state index in [1.54, 1.807) is 0 Å². The van der Waals surface area contributed by atoms with Crippen molar-refractivity contribution in [3.63, 3.8) is 0 Å². The first kappa shape index (κ1) is 14.7. The fourth-order valence-corrected chi connectivity index (χ4v) is 3.63. The molecule has 2 heterocycles. The molecule has 1 N–H and O–H groups in total. The van der Waals surface area contributed by atoms with Gasteiger partial charge in [0.2, 0.25) is 10.0 Å². The summed E-state index contributed by atoms with van der Waals surface area (Å²) in [6, 6.07) is 1.92. The highest BCUT2D eigenvalue weighted by Crippen LogP contribution is 2.27. The van der Waals surface area contributed by atoms with Gasteiger partial charge in [0.05, 0.1) is 25.0 Å². The number of nitrogens with zero attached hydrogens (tertiary/aromatic N) is 3. The van der Waals surface area contributed by atoms with Crippen LogP contribution in [0, 0.1) is 6.92 Å². The zero-order valence-corrected chi connectivity index (χ0v) is 12.9. The maximum atomic E-state index is 11.8. The Balaban J connectivity index is 1.71. The van der Waals surface area contributed by atoms with Crippen molar-refractivity contribution in [2.24, 2.45) is 0 Å². The van der Waals surface area contributed by atoms with Gasteiger partial charge < -0.3 is 9.64 Å². The summed E-state index contributed by atoms with van der Waals surface area (Å²) in [5.41, 5.74) is 0.840.